The molecule has 0 atom stereocenters. The molecule has 1 aliphatic rings. The van der Waals surface area contributed by atoms with Crippen LogP contribution in [0.3, 0.4) is 0 Å². The first kappa shape index (κ1) is 11.1. The smallest absolute Gasteiger partial charge is 0.324 e. The Balaban J connectivity index is 1.86. The van der Waals surface area contributed by atoms with Crippen molar-refractivity contribution in [3.8, 4) is 0 Å². The second kappa shape index (κ2) is 4.61. The van der Waals surface area contributed by atoms with Gasteiger partial charge in [-0.25, -0.2) is 9.78 Å². The summed E-state index contributed by atoms with van der Waals surface area (Å²) in [6, 6.07) is -0.287. The molecule has 1 aromatic heterocycles. The van der Waals surface area contributed by atoms with Gasteiger partial charge in [-0.2, -0.15) is 0 Å². The third-order valence-electron chi connectivity index (χ3n) is 2.40. The number of aryl methyl sites for hydroxylation is 1. The van der Waals surface area contributed by atoms with Gasteiger partial charge in [0, 0.05) is 37.0 Å². The zero-order chi connectivity index (χ0) is 11.5. The molecule has 0 aliphatic carbocycles. The van der Waals surface area contributed by atoms with E-state index in [4.69, 9.17) is 0 Å². The first-order chi connectivity index (χ1) is 7.65. The van der Waals surface area contributed by atoms with Crippen molar-refractivity contribution < 1.29 is 9.59 Å². The molecule has 0 bridgehead atoms. The fourth-order valence-electron chi connectivity index (χ4n) is 1.56. The van der Waals surface area contributed by atoms with Crippen molar-refractivity contribution in [3.63, 3.8) is 0 Å². The quantitative estimate of drug-likeness (QED) is 0.853. The molecule has 0 aromatic carbocycles. The number of carbonyl (C=O) groups is 2. The lowest BCUT2D eigenvalue weighted by Gasteiger charge is -2.25. The molecular weight excluding hydrogens is 226 g/mol. The minimum atomic E-state index is -0.287. The van der Waals surface area contributed by atoms with Crippen LogP contribution < -0.4 is 5.32 Å². The van der Waals surface area contributed by atoms with E-state index in [1.54, 1.807) is 16.2 Å². The van der Waals surface area contributed by atoms with E-state index in [1.807, 2.05) is 12.3 Å². The Hall–Kier alpha value is -1.43. The Morgan fingerprint density at radius 3 is 3.00 bits per heavy atom. The van der Waals surface area contributed by atoms with Gasteiger partial charge in [-0.1, -0.05) is 0 Å². The van der Waals surface area contributed by atoms with Crippen molar-refractivity contribution >= 4 is 23.3 Å². The predicted octanol–water partition coefficient (Wildman–Crippen LogP) is 0.936. The molecule has 2 heterocycles. The molecule has 6 heteroatoms. The SMILES string of the molecule is Cc1csc(CCN2CCC(=O)NC2=O)n1. The van der Waals surface area contributed by atoms with Gasteiger partial charge in [0.2, 0.25) is 5.91 Å². The van der Waals surface area contributed by atoms with Crippen LogP contribution in [0.5, 0.6) is 0 Å². The van der Waals surface area contributed by atoms with Crippen LogP contribution in [0.15, 0.2) is 5.38 Å². The summed E-state index contributed by atoms with van der Waals surface area (Å²) in [6.45, 7) is 3.08. The Morgan fingerprint density at radius 2 is 2.38 bits per heavy atom. The van der Waals surface area contributed by atoms with Gasteiger partial charge in [0.05, 0.1) is 5.01 Å². The summed E-state index contributed by atoms with van der Waals surface area (Å²) in [7, 11) is 0. The fraction of sp³-hybridized carbons (Fsp3) is 0.500. The summed E-state index contributed by atoms with van der Waals surface area (Å²) in [5.41, 5.74) is 1.01. The molecule has 0 spiro atoms. The van der Waals surface area contributed by atoms with Crippen LogP contribution in [0.4, 0.5) is 4.79 Å². The van der Waals surface area contributed by atoms with Crippen LogP contribution in [-0.4, -0.2) is 34.9 Å². The molecule has 0 radical (unpaired) electrons. The number of aromatic nitrogens is 1. The van der Waals surface area contributed by atoms with Crippen LogP contribution >= 0.6 is 11.3 Å². The second-order valence-corrected chi connectivity index (χ2v) is 4.67. The lowest BCUT2D eigenvalue weighted by Crippen LogP contribution is -2.49. The number of amides is 3. The first-order valence-electron chi connectivity index (χ1n) is 5.15. The zero-order valence-corrected chi connectivity index (χ0v) is 9.84. The third kappa shape index (κ3) is 2.57. The summed E-state index contributed by atoms with van der Waals surface area (Å²) in [5, 5.41) is 5.33. The summed E-state index contributed by atoms with van der Waals surface area (Å²) < 4.78 is 0. The predicted molar refractivity (Wildman–Crippen MR) is 60.3 cm³/mol. The van der Waals surface area contributed by atoms with Gasteiger partial charge >= 0.3 is 6.03 Å². The van der Waals surface area contributed by atoms with Crippen molar-refractivity contribution in [2.45, 2.75) is 19.8 Å². The number of rotatable bonds is 3. The molecule has 1 fully saturated rings. The number of carbonyl (C=O) groups excluding carboxylic acids is 2. The molecule has 3 amide bonds. The van der Waals surface area contributed by atoms with Gasteiger partial charge in [0.1, 0.15) is 0 Å². The molecular formula is C10H13N3O2S. The molecule has 86 valence electrons. The van der Waals surface area contributed by atoms with Crippen molar-refractivity contribution in [1.29, 1.82) is 0 Å². The van der Waals surface area contributed by atoms with Gasteiger partial charge in [-0.15, -0.1) is 11.3 Å². The van der Waals surface area contributed by atoms with Crippen molar-refractivity contribution in [3.05, 3.63) is 16.1 Å². The topological polar surface area (TPSA) is 62.3 Å². The Kier molecular flexibility index (Phi) is 3.19. The van der Waals surface area contributed by atoms with Gasteiger partial charge < -0.3 is 4.90 Å². The third-order valence-corrected chi connectivity index (χ3v) is 3.43. The second-order valence-electron chi connectivity index (χ2n) is 3.72. The number of imide groups is 1. The summed E-state index contributed by atoms with van der Waals surface area (Å²) in [5.74, 6) is -0.189. The van der Waals surface area contributed by atoms with Crippen molar-refractivity contribution in [1.82, 2.24) is 15.2 Å². The molecule has 1 aliphatic heterocycles. The monoisotopic (exact) mass is 239 g/mol. The number of urea groups is 1. The lowest BCUT2D eigenvalue weighted by atomic mass is 10.3. The number of nitrogens with one attached hydrogen (secondary N) is 1. The van der Waals surface area contributed by atoms with Crippen LogP contribution in [-0.2, 0) is 11.2 Å². The minimum absolute atomic E-state index is 0.189. The van der Waals surface area contributed by atoms with Crippen LogP contribution in [0, 0.1) is 6.92 Å². The van der Waals surface area contributed by atoms with E-state index >= 15 is 0 Å². The van der Waals surface area contributed by atoms with Crippen molar-refractivity contribution in [2.24, 2.45) is 0 Å². The molecule has 1 aromatic rings. The highest BCUT2D eigenvalue weighted by molar-refractivity contribution is 7.09. The van der Waals surface area contributed by atoms with Gasteiger partial charge in [0.25, 0.3) is 0 Å². The van der Waals surface area contributed by atoms with E-state index < -0.39 is 0 Å². The fourth-order valence-corrected chi connectivity index (χ4v) is 2.33. The average Bonchev–Trinajstić information content (AvgIpc) is 2.63. The van der Waals surface area contributed by atoms with Crippen LogP contribution in [0.1, 0.15) is 17.1 Å². The largest absolute Gasteiger partial charge is 0.324 e. The highest BCUT2D eigenvalue weighted by Crippen LogP contribution is 2.10. The summed E-state index contributed by atoms with van der Waals surface area (Å²) in [4.78, 5) is 28.3. The molecule has 1 saturated heterocycles. The normalized spacial score (nSPS) is 16.4. The highest BCUT2D eigenvalue weighted by Gasteiger charge is 2.22. The lowest BCUT2D eigenvalue weighted by molar-refractivity contribution is -0.121. The summed E-state index contributed by atoms with van der Waals surface area (Å²) >= 11 is 1.60. The van der Waals surface area contributed by atoms with E-state index in [0.717, 1.165) is 17.1 Å². The highest BCUT2D eigenvalue weighted by atomic mass is 32.1. The number of nitrogens with zero attached hydrogens (tertiary/aromatic N) is 2. The molecule has 2 rings (SSSR count). The zero-order valence-electron chi connectivity index (χ0n) is 9.02. The Morgan fingerprint density at radius 1 is 1.56 bits per heavy atom. The molecule has 0 saturated carbocycles. The van der Waals surface area contributed by atoms with Gasteiger partial charge in [-0.3, -0.25) is 10.1 Å². The van der Waals surface area contributed by atoms with E-state index in [-0.39, 0.29) is 11.9 Å². The number of hydrogen-bond acceptors (Lipinski definition) is 4. The van der Waals surface area contributed by atoms with Gasteiger partial charge in [-0.05, 0) is 6.92 Å². The molecule has 5 nitrogen and oxygen atoms in total. The Bertz CT molecular complexity index is 416. The van der Waals surface area contributed by atoms with Crippen molar-refractivity contribution in [2.75, 3.05) is 13.1 Å². The maximum absolute atomic E-state index is 11.4. The standard InChI is InChI=1S/C10H13N3O2S/c1-7-6-16-9(11-7)3-5-13-4-2-8(14)12-10(13)15/h6H,2-5H2,1H3,(H,12,14,15). The Labute approximate surface area is 97.5 Å². The molecule has 1 N–H and O–H groups in total. The molecule has 16 heavy (non-hydrogen) atoms. The average molecular weight is 239 g/mol. The minimum Gasteiger partial charge on any atom is -0.324 e. The maximum atomic E-state index is 11.4. The van der Waals surface area contributed by atoms with E-state index in [2.05, 4.69) is 10.3 Å². The van der Waals surface area contributed by atoms with Gasteiger partial charge in [0.15, 0.2) is 0 Å². The van der Waals surface area contributed by atoms with E-state index in [9.17, 15) is 9.59 Å². The van der Waals surface area contributed by atoms with Crippen LogP contribution in [0.25, 0.3) is 0 Å². The molecule has 0 unspecified atom stereocenters. The summed E-state index contributed by atoms with van der Waals surface area (Å²) in [6.07, 6.45) is 1.14. The van der Waals surface area contributed by atoms with E-state index in [0.29, 0.717) is 19.5 Å². The number of hydrogen-bond donors (Lipinski definition) is 1. The van der Waals surface area contributed by atoms with Crippen LogP contribution in [0.2, 0.25) is 0 Å². The number of thiazole rings is 1. The van der Waals surface area contributed by atoms with E-state index in [1.165, 1.54) is 0 Å². The maximum Gasteiger partial charge on any atom is 0.324 e. The first-order valence-corrected chi connectivity index (χ1v) is 6.03.